The van der Waals surface area contributed by atoms with Crippen LogP contribution in [0.1, 0.15) is 98.6 Å². The van der Waals surface area contributed by atoms with Crippen molar-refractivity contribution in [2.75, 3.05) is 31.3 Å². The summed E-state index contributed by atoms with van der Waals surface area (Å²) >= 11 is 3.41. The summed E-state index contributed by atoms with van der Waals surface area (Å²) in [4.78, 5) is 33.9. The van der Waals surface area contributed by atoms with Gasteiger partial charge < -0.3 is 19.7 Å². The first kappa shape index (κ1) is 46.9. The van der Waals surface area contributed by atoms with Gasteiger partial charge >= 0.3 is 12.1 Å². The van der Waals surface area contributed by atoms with Gasteiger partial charge in [0, 0.05) is 49.5 Å². The number of aliphatic imine (C=N–C) groups is 1. The van der Waals surface area contributed by atoms with Crippen molar-refractivity contribution in [2.45, 2.75) is 119 Å². The monoisotopic (exact) mass is 899 g/mol. The van der Waals surface area contributed by atoms with Gasteiger partial charge in [0.2, 0.25) is 5.91 Å². The summed E-state index contributed by atoms with van der Waals surface area (Å²) in [6.45, 7) is 6.89. The highest BCUT2D eigenvalue weighted by Gasteiger charge is 2.49. The Labute approximate surface area is 379 Å². The molecule has 2 heterocycles. The summed E-state index contributed by atoms with van der Waals surface area (Å²) < 4.78 is 49.7. The Balaban J connectivity index is 0.000000189. The number of ether oxygens (including phenoxy) is 2. The van der Waals surface area contributed by atoms with E-state index in [9.17, 15) is 22.8 Å². The molecule has 2 aliphatic heterocycles. The van der Waals surface area contributed by atoms with Gasteiger partial charge in [-0.3, -0.25) is 14.6 Å². The van der Waals surface area contributed by atoms with Crippen LogP contribution in [0.5, 0.6) is 0 Å². The second kappa shape index (κ2) is 21.7. The van der Waals surface area contributed by atoms with Crippen LogP contribution >= 0.6 is 23.5 Å². The number of thioether (sulfide) groups is 2. The molecule has 1 amide bonds. The Morgan fingerprint density at radius 3 is 2.03 bits per heavy atom. The van der Waals surface area contributed by atoms with Crippen molar-refractivity contribution in [3.63, 3.8) is 0 Å². The Kier molecular flexibility index (Phi) is 16.2. The van der Waals surface area contributed by atoms with Crippen molar-refractivity contribution in [3.8, 4) is 0 Å². The maximum absolute atomic E-state index is 13.7. The molecule has 0 spiro atoms. The molecule has 2 aliphatic carbocycles. The van der Waals surface area contributed by atoms with Gasteiger partial charge in [-0.05, 0) is 98.1 Å². The van der Waals surface area contributed by atoms with E-state index in [2.05, 4.69) is 43.4 Å². The number of hydrogen-bond donors (Lipinski definition) is 1. The minimum Gasteiger partial charge on any atom is -0.460 e. The van der Waals surface area contributed by atoms with E-state index in [4.69, 9.17) is 14.5 Å². The number of halogens is 3. The second-order valence-corrected chi connectivity index (χ2v) is 20.3. The largest absolute Gasteiger partial charge is 0.460 e. The molecule has 4 atom stereocenters. The molecule has 0 bridgehead atoms. The highest BCUT2D eigenvalue weighted by molar-refractivity contribution is 8.01. The van der Waals surface area contributed by atoms with Crippen molar-refractivity contribution in [1.29, 1.82) is 0 Å². The number of rotatable bonds is 13. The van der Waals surface area contributed by atoms with Crippen LogP contribution in [0.25, 0.3) is 0 Å². The molecular formula is C51H60F3N3O4S2. The molecule has 12 heteroatoms. The van der Waals surface area contributed by atoms with Crippen LogP contribution in [0.3, 0.4) is 0 Å². The maximum Gasteiger partial charge on any atom is 0.416 e. The van der Waals surface area contributed by atoms with E-state index in [-0.39, 0.29) is 24.5 Å². The van der Waals surface area contributed by atoms with E-state index in [1.54, 1.807) is 34.5 Å². The summed E-state index contributed by atoms with van der Waals surface area (Å²) in [5.74, 6) is 1.71. The number of benzene rings is 4. The normalized spacial score (nSPS) is 23.6. The minimum absolute atomic E-state index is 0.0914. The molecule has 1 N–H and O–H groups in total. The van der Waals surface area contributed by atoms with Crippen LogP contribution in [-0.2, 0) is 44.8 Å². The molecule has 0 radical (unpaired) electrons. The molecule has 0 unspecified atom stereocenters. The van der Waals surface area contributed by atoms with E-state index < -0.39 is 21.2 Å². The van der Waals surface area contributed by atoms with Crippen LogP contribution in [0.15, 0.2) is 114 Å². The molecule has 4 aromatic rings. The third-order valence-electron chi connectivity index (χ3n) is 12.7. The third-order valence-corrected chi connectivity index (χ3v) is 15.4. The number of carbonyl (C=O) groups excluding carboxylic acids is 2. The standard InChI is InChI=1S/C28H29NO2S.C23H31F3N2O2S/c1-2-32-28(27(30)31-21-22-12-6-3-7-13-22)19-18-25(20-28)29-26(23-14-8-4-9-15-23)24-16-10-5-11-17-24;1-2-31-22(9-5-20(14-22)27-19-7-11-30-12-8-19)21(29)28-10-6-16-3-4-18(23(24,25)26)13-17(16)15-28/h3-17,25H,2,18-21H2,1H3;3-4,13,19-20,27H,2,5-12,14-15H2,1H3/t25-,28-;20-,22-/m11/s1. The van der Waals surface area contributed by atoms with Gasteiger partial charge in [-0.15, -0.1) is 23.5 Å². The van der Waals surface area contributed by atoms with Crippen molar-refractivity contribution >= 4 is 41.1 Å². The van der Waals surface area contributed by atoms with Gasteiger partial charge in [0.05, 0.1) is 22.1 Å². The van der Waals surface area contributed by atoms with E-state index in [0.29, 0.717) is 43.6 Å². The average molecular weight is 900 g/mol. The fourth-order valence-corrected chi connectivity index (χ4v) is 12.2. The van der Waals surface area contributed by atoms with Crippen LogP contribution in [0.4, 0.5) is 13.2 Å². The van der Waals surface area contributed by atoms with Crippen molar-refractivity contribution < 1.29 is 32.2 Å². The zero-order chi connectivity index (χ0) is 44.3. The Bertz CT molecular complexity index is 2100. The number of nitrogens with one attached hydrogen (secondary N) is 1. The highest BCUT2D eigenvalue weighted by atomic mass is 32.2. The van der Waals surface area contributed by atoms with Gasteiger partial charge in [0.25, 0.3) is 0 Å². The molecule has 63 heavy (non-hydrogen) atoms. The highest BCUT2D eigenvalue weighted by Crippen LogP contribution is 2.46. The lowest BCUT2D eigenvalue weighted by Gasteiger charge is -2.37. The predicted octanol–water partition coefficient (Wildman–Crippen LogP) is 10.7. The number of amides is 1. The molecule has 0 aromatic heterocycles. The van der Waals surface area contributed by atoms with Gasteiger partial charge in [-0.1, -0.05) is 111 Å². The number of hydrogen-bond acceptors (Lipinski definition) is 8. The summed E-state index contributed by atoms with van der Waals surface area (Å²) in [7, 11) is 0. The zero-order valence-corrected chi connectivity index (χ0v) is 38.0. The molecule has 2 saturated carbocycles. The van der Waals surface area contributed by atoms with Crippen LogP contribution in [0.2, 0.25) is 0 Å². The quantitative estimate of drug-likeness (QED) is 0.106. The lowest BCUT2D eigenvalue weighted by Crippen LogP contribution is -2.49. The number of carbonyl (C=O) groups is 2. The smallest absolute Gasteiger partial charge is 0.416 e. The first-order chi connectivity index (χ1) is 30.5. The molecular weight excluding hydrogens is 840 g/mol. The minimum atomic E-state index is -4.37. The molecule has 4 aliphatic rings. The molecule has 336 valence electrons. The number of fused-ring (bicyclic) bond motifs is 1. The Morgan fingerprint density at radius 1 is 0.778 bits per heavy atom. The SMILES string of the molecule is CCS[C@]1(C(=O)N2CCc3ccc(C(F)(F)F)cc3C2)CC[C@@H](NC2CCOCC2)C1.CCS[C@]1(C(=O)OCc2ccccc2)CC[C@@H](N=C(c2ccccc2)c2ccccc2)C1. The maximum atomic E-state index is 13.7. The number of nitrogens with zero attached hydrogens (tertiary/aromatic N) is 2. The van der Waals surface area contributed by atoms with Crippen LogP contribution in [-0.4, -0.2) is 81.4 Å². The molecule has 4 aromatic carbocycles. The van der Waals surface area contributed by atoms with Gasteiger partial charge in [0.15, 0.2) is 0 Å². The van der Waals surface area contributed by atoms with E-state index in [1.807, 2.05) is 66.7 Å². The summed E-state index contributed by atoms with van der Waals surface area (Å²) in [5.41, 5.74) is 5.11. The molecule has 7 nitrogen and oxygen atoms in total. The van der Waals surface area contributed by atoms with Gasteiger partial charge in [-0.25, -0.2) is 0 Å². The van der Waals surface area contributed by atoms with Crippen LogP contribution in [0, 0.1) is 0 Å². The van der Waals surface area contributed by atoms with Crippen molar-refractivity contribution in [3.05, 3.63) is 143 Å². The van der Waals surface area contributed by atoms with E-state index in [1.165, 1.54) is 6.07 Å². The van der Waals surface area contributed by atoms with Crippen molar-refractivity contribution in [1.82, 2.24) is 10.2 Å². The third kappa shape index (κ3) is 12.0. The lowest BCUT2D eigenvalue weighted by molar-refractivity contribution is -0.147. The molecule has 8 rings (SSSR count). The molecule has 1 saturated heterocycles. The van der Waals surface area contributed by atoms with E-state index in [0.717, 1.165) is 104 Å². The number of esters is 1. The van der Waals surface area contributed by atoms with Gasteiger partial charge in [0.1, 0.15) is 11.4 Å². The first-order valence-electron chi connectivity index (χ1n) is 22.5. The Morgan fingerprint density at radius 2 is 1.40 bits per heavy atom. The summed E-state index contributed by atoms with van der Waals surface area (Å²) in [5, 5.41) is 3.74. The van der Waals surface area contributed by atoms with Crippen LogP contribution < -0.4 is 5.32 Å². The summed E-state index contributed by atoms with van der Waals surface area (Å²) in [6.07, 6.45) is 3.20. The summed E-state index contributed by atoms with van der Waals surface area (Å²) in [6, 6.07) is 35.3. The lowest BCUT2D eigenvalue weighted by atomic mass is 9.95. The number of alkyl halides is 3. The Hall–Kier alpha value is -4.10. The topological polar surface area (TPSA) is 80.2 Å². The fourth-order valence-electron chi connectivity index (χ4n) is 9.50. The predicted molar refractivity (Wildman–Crippen MR) is 249 cm³/mol. The van der Waals surface area contributed by atoms with Gasteiger partial charge in [-0.2, -0.15) is 13.2 Å². The second-order valence-electron chi connectivity index (χ2n) is 17.0. The van der Waals surface area contributed by atoms with Crippen molar-refractivity contribution in [2.24, 2.45) is 4.99 Å². The van der Waals surface area contributed by atoms with E-state index >= 15 is 0 Å². The fraction of sp³-hybridized carbons (Fsp3) is 0.471. The average Bonchev–Trinajstić information content (AvgIpc) is 3.93. The molecule has 3 fully saturated rings. The zero-order valence-electron chi connectivity index (χ0n) is 36.4. The first-order valence-corrected chi connectivity index (χ1v) is 24.5.